The Morgan fingerprint density at radius 2 is 2.00 bits per heavy atom. The highest BCUT2D eigenvalue weighted by molar-refractivity contribution is 5.92. The van der Waals surface area contributed by atoms with Crippen LogP contribution in [0.4, 0.5) is 0 Å². The lowest BCUT2D eigenvalue weighted by Gasteiger charge is -2.15. The minimum Gasteiger partial charge on any atom is -0.483 e. The Bertz CT molecular complexity index is 768. The molecule has 2 aromatic rings. The molecule has 0 spiro atoms. The third-order valence-electron chi connectivity index (χ3n) is 4.14. The van der Waals surface area contributed by atoms with Crippen LogP contribution >= 0.6 is 0 Å². The smallest absolute Gasteiger partial charge is 0.335 e. The third kappa shape index (κ3) is 4.92. The number of aromatic nitrogens is 1. The molecule has 1 aromatic heterocycles. The molecule has 1 fully saturated rings. The van der Waals surface area contributed by atoms with Crippen LogP contribution in [0, 0.1) is 12.8 Å². The van der Waals surface area contributed by atoms with Crippen LogP contribution in [0.25, 0.3) is 0 Å². The summed E-state index contributed by atoms with van der Waals surface area (Å²) in [6, 6.07) is 6.92. The first-order chi connectivity index (χ1) is 12.4. The van der Waals surface area contributed by atoms with Gasteiger partial charge in [0, 0.05) is 20.0 Å². The van der Waals surface area contributed by atoms with Gasteiger partial charge in [0.15, 0.2) is 11.6 Å². The number of aryl methyl sites for hydroxylation is 1. The first kappa shape index (κ1) is 19.2. The van der Waals surface area contributed by atoms with Gasteiger partial charge < -0.3 is 19.5 Å². The van der Waals surface area contributed by atoms with Gasteiger partial charge >= 0.3 is 5.97 Å². The molecular weight excluding hydrogens is 340 g/mol. The molecular formula is C18H20N2O6. The minimum atomic E-state index is -0.919. The van der Waals surface area contributed by atoms with E-state index in [2.05, 4.69) is 4.98 Å². The number of carbonyl (C=O) groups is 3. The molecule has 8 heteroatoms. The molecule has 1 amide bonds. The van der Waals surface area contributed by atoms with Gasteiger partial charge in [-0.2, -0.15) is 0 Å². The van der Waals surface area contributed by atoms with Crippen molar-refractivity contribution in [3.8, 4) is 0 Å². The zero-order valence-electron chi connectivity index (χ0n) is 14.3. The fraction of sp³-hybridized carbons (Fsp3) is 0.333. The molecule has 1 aromatic carbocycles. The molecule has 1 saturated heterocycles. The standard InChI is InChI=1S/C17H18N2O4.CH2O2/c1-11-18-15(10-23-11)16(20)19-7-6-13(9-19)8-12-2-4-14(5-3-12)17(21)22;2-1-3/h2-5,10,13H,6-9H2,1H3,(H,21,22);1H,(H,2,3). The van der Waals surface area contributed by atoms with Gasteiger partial charge in [-0.05, 0) is 36.5 Å². The number of carbonyl (C=O) groups excluding carboxylic acids is 1. The molecule has 138 valence electrons. The van der Waals surface area contributed by atoms with Gasteiger partial charge in [0.05, 0.1) is 5.56 Å². The number of likely N-dealkylation sites (tertiary alicyclic amines) is 1. The van der Waals surface area contributed by atoms with Gasteiger partial charge in [0.2, 0.25) is 0 Å². The topological polar surface area (TPSA) is 121 Å². The molecule has 1 unspecified atom stereocenters. The summed E-state index contributed by atoms with van der Waals surface area (Å²) in [5.41, 5.74) is 1.74. The highest BCUT2D eigenvalue weighted by Gasteiger charge is 2.28. The van der Waals surface area contributed by atoms with Crippen molar-refractivity contribution in [3.05, 3.63) is 53.2 Å². The lowest BCUT2D eigenvalue weighted by Crippen LogP contribution is -2.29. The van der Waals surface area contributed by atoms with Crippen molar-refractivity contribution in [2.45, 2.75) is 19.8 Å². The number of nitrogens with zero attached hydrogens (tertiary/aromatic N) is 2. The van der Waals surface area contributed by atoms with Crippen molar-refractivity contribution < 1.29 is 29.0 Å². The number of amides is 1. The summed E-state index contributed by atoms with van der Waals surface area (Å²) in [6.45, 7) is 2.86. The molecule has 8 nitrogen and oxygen atoms in total. The third-order valence-corrected chi connectivity index (χ3v) is 4.14. The van der Waals surface area contributed by atoms with Crippen LogP contribution in [0.5, 0.6) is 0 Å². The van der Waals surface area contributed by atoms with Crippen molar-refractivity contribution >= 4 is 18.3 Å². The number of hydrogen-bond acceptors (Lipinski definition) is 5. The number of benzene rings is 1. The van der Waals surface area contributed by atoms with Crippen LogP contribution in [0.1, 0.15) is 38.7 Å². The van der Waals surface area contributed by atoms with E-state index in [4.69, 9.17) is 19.4 Å². The van der Waals surface area contributed by atoms with Gasteiger partial charge in [-0.15, -0.1) is 0 Å². The molecule has 26 heavy (non-hydrogen) atoms. The second-order valence-electron chi connectivity index (χ2n) is 5.97. The van der Waals surface area contributed by atoms with Crippen LogP contribution in [0.3, 0.4) is 0 Å². The Labute approximate surface area is 150 Å². The van der Waals surface area contributed by atoms with E-state index >= 15 is 0 Å². The van der Waals surface area contributed by atoms with Crippen LogP contribution in [-0.2, 0) is 11.2 Å². The quantitative estimate of drug-likeness (QED) is 0.801. The summed E-state index contributed by atoms with van der Waals surface area (Å²) in [6.07, 6.45) is 3.17. The van der Waals surface area contributed by atoms with E-state index in [1.165, 1.54) is 6.26 Å². The second kappa shape index (κ2) is 8.80. The maximum absolute atomic E-state index is 12.3. The molecule has 2 heterocycles. The lowest BCUT2D eigenvalue weighted by atomic mass is 9.98. The Morgan fingerprint density at radius 3 is 2.54 bits per heavy atom. The highest BCUT2D eigenvalue weighted by atomic mass is 16.4. The van der Waals surface area contributed by atoms with E-state index in [0.29, 0.717) is 36.2 Å². The van der Waals surface area contributed by atoms with E-state index in [1.807, 2.05) is 12.1 Å². The van der Waals surface area contributed by atoms with Gasteiger partial charge in [-0.3, -0.25) is 9.59 Å². The Morgan fingerprint density at radius 1 is 1.35 bits per heavy atom. The molecule has 2 N–H and O–H groups in total. The van der Waals surface area contributed by atoms with Crippen molar-refractivity contribution in [1.29, 1.82) is 0 Å². The van der Waals surface area contributed by atoms with E-state index in [9.17, 15) is 9.59 Å². The van der Waals surface area contributed by atoms with Crippen LogP contribution in [0.2, 0.25) is 0 Å². The van der Waals surface area contributed by atoms with Crippen LogP contribution in [-0.4, -0.2) is 51.5 Å². The summed E-state index contributed by atoms with van der Waals surface area (Å²) < 4.78 is 5.09. The summed E-state index contributed by atoms with van der Waals surface area (Å²) in [5, 5.41) is 15.8. The number of carboxylic acids is 1. The number of rotatable bonds is 4. The Hall–Kier alpha value is -3.16. The first-order valence-corrected chi connectivity index (χ1v) is 8.06. The van der Waals surface area contributed by atoms with Crippen LogP contribution < -0.4 is 0 Å². The number of hydrogen-bond donors (Lipinski definition) is 2. The normalized spacial score (nSPS) is 15.9. The maximum atomic E-state index is 12.3. The summed E-state index contributed by atoms with van der Waals surface area (Å²) >= 11 is 0. The zero-order chi connectivity index (χ0) is 19.1. The molecule has 0 aliphatic carbocycles. The average molecular weight is 360 g/mol. The highest BCUT2D eigenvalue weighted by Crippen LogP contribution is 2.22. The monoisotopic (exact) mass is 360 g/mol. The van der Waals surface area contributed by atoms with Gasteiger partial charge in [0.1, 0.15) is 6.26 Å². The zero-order valence-corrected chi connectivity index (χ0v) is 14.3. The summed E-state index contributed by atoms with van der Waals surface area (Å²) in [5.74, 6) is -0.145. The molecule has 1 aliphatic rings. The first-order valence-electron chi connectivity index (χ1n) is 8.06. The molecule has 1 aliphatic heterocycles. The Kier molecular flexibility index (Phi) is 6.48. The fourth-order valence-corrected chi connectivity index (χ4v) is 2.92. The minimum absolute atomic E-state index is 0.0921. The van der Waals surface area contributed by atoms with Crippen molar-refractivity contribution in [3.63, 3.8) is 0 Å². The number of carboxylic acid groups (broad SMARTS) is 2. The maximum Gasteiger partial charge on any atom is 0.335 e. The molecule has 1 atom stereocenters. The molecule has 3 rings (SSSR count). The fourth-order valence-electron chi connectivity index (χ4n) is 2.92. The SMILES string of the molecule is Cc1nc(C(=O)N2CCC(Cc3ccc(C(=O)O)cc3)C2)co1.O=CO. The predicted octanol–water partition coefficient (Wildman–Crippen LogP) is 2.09. The van der Waals surface area contributed by atoms with Crippen LogP contribution in [0.15, 0.2) is 34.9 Å². The van der Waals surface area contributed by atoms with Crippen molar-refractivity contribution in [1.82, 2.24) is 9.88 Å². The number of aromatic carboxylic acids is 1. The van der Waals surface area contributed by atoms with Crippen molar-refractivity contribution in [2.75, 3.05) is 13.1 Å². The predicted molar refractivity (Wildman–Crippen MR) is 91.0 cm³/mol. The van der Waals surface area contributed by atoms with E-state index in [0.717, 1.165) is 18.4 Å². The molecule has 0 bridgehead atoms. The summed E-state index contributed by atoms with van der Waals surface area (Å²) in [4.78, 5) is 37.4. The lowest BCUT2D eigenvalue weighted by molar-refractivity contribution is -0.122. The van der Waals surface area contributed by atoms with Gasteiger partial charge in [-0.1, -0.05) is 12.1 Å². The number of oxazole rings is 1. The summed E-state index contributed by atoms with van der Waals surface area (Å²) in [7, 11) is 0. The van der Waals surface area contributed by atoms with Gasteiger partial charge in [0.25, 0.3) is 12.4 Å². The largest absolute Gasteiger partial charge is 0.483 e. The molecule has 0 radical (unpaired) electrons. The average Bonchev–Trinajstić information content (AvgIpc) is 3.25. The molecule has 0 saturated carbocycles. The van der Waals surface area contributed by atoms with E-state index in [-0.39, 0.29) is 12.4 Å². The van der Waals surface area contributed by atoms with Gasteiger partial charge in [-0.25, -0.2) is 9.78 Å². The van der Waals surface area contributed by atoms with E-state index < -0.39 is 5.97 Å². The second-order valence-corrected chi connectivity index (χ2v) is 5.97. The van der Waals surface area contributed by atoms with E-state index in [1.54, 1.807) is 24.0 Å². The van der Waals surface area contributed by atoms with Crippen molar-refractivity contribution in [2.24, 2.45) is 5.92 Å². The Balaban J connectivity index is 0.000000758.